The van der Waals surface area contributed by atoms with Gasteiger partial charge >= 0.3 is 13.1 Å². The molecule has 0 aliphatic carbocycles. The number of fused-ring (bicyclic) bond motifs is 1. The number of esters is 1. The summed E-state index contributed by atoms with van der Waals surface area (Å²) in [4.78, 5) is 13.9. The third kappa shape index (κ3) is 1.77. The number of phenols is 2. The number of ether oxygens (including phenoxy) is 1. The maximum Gasteiger partial charge on any atom is 0.496 e. The van der Waals surface area contributed by atoms with Crippen LogP contribution >= 0.6 is 0 Å². The van der Waals surface area contributed by atoms with Gasteiger partial charge in [0.05, 0.1) is 18.1 Å². The first-order valence-corrected chi connectivity index (χ1v) is 4.97. The maximum absolute atomic E-state index is 11.3. The summed E-state index contributed by atoms with van der Waals surface area (Å²) in [5.74, 6) is -1.64. The van der Waals surface area contributed by atoms with Crippen molar-refractivity contribution in [2.75, 3.05) is 7.11 Å². The van der Waals surface area contributed by atoms with E-state index in [1.807, 2.05) is 0 Å². The molecule has 0 amide bonds. The van der Waals surface area contributed by atoms with Crippen LogP contribution in [0.1, 0.15) is 10.5 Å². The molecule has 1 aromatic heterocycles. The number of aromatic amines is 1. The second-order valence-corrected chi connectivity index (χ2v) is 3.67. The van der Waals surface area contributed by atoms with E-state index in [1.165, 1.54) is 19.2 Å². The van der Waals surface area contributed by atoms with Crippen molar-refractivity contribution in [3.63, 3.8) is 0 Å². The Kier molecular flexibility index (Phi) is 2.89. The second kappa shape index (κ2) is 4.24. The smallest absolute Gasteiger partial charge is 0.496 e. The summed E-state index contributed by atoms with van der Waals surface area (Å²) in [5.41, 5.74) is -0.0699. The number of aromatic hydroxyl groups is 2. The average Bonchev–Trinajstić information content (AvgIpc) is 2.71. The number of carbonyl (C=O) groups excluding carboxylic acids is 1. The summed E-state index contributed by atoms with van der Waals surface area (Å²) >= 11 is 0. The topological polar surface area (TPSA) is 123 Å². The molecule has 0 aliphatic rings. The molecular formula is C10H10BNO6. The molecule has 7 nitrogen and oxygen atoms in total. The molecule has 1 aromatic carbocycles. The number of benzene rings is 1. The molecule has 8 heteroatoms. The van der Waals surface area contributed by atoms with Crippen LogP contribution in [0.2, 0.25) is 0 Å². The molecule has 0 radical (unpaired) electrons. The molecule has 0 fully saturated rings. The molecular weight excluding hydrogens is 241 g/mol. The molecule has 1 heterocycles. The van der Waals surface area contributed by atoms with Gasteiger partial charge in [0.25, 0.3) is 0 Å². The zero-order chi connectivity index (χ0) is 13.4. The van der Waals surface area contributed by atoms with E-state index in [4.69, 9.17) is 10.0 Å². The van der Waals surface area contributed by atoms with Crippen LogP contribution in [0.25, 0.3) is 10.9 Å². The van der Waals surface area contributed by atoms with Crippen LogP contribution in [0.15, 0.2) is 12.1 Å². The molecule has 0 saturated carbocycles. The van der Waals surface area contributed by atoms with Gasteiger partial charge in [-0.3, -0.25) is 0 Å². The van der Waals surface area contributed by atoms with Crippen molar-refractivity contribution in [2.45, 2.75) is 0 Å². The first-order valence-electron chi connectivity index (χ1n) is 4.97. The second-order valence-electron chi connectivity index (χ2n) is 3.67. The van der Waals surface area contributed by atoms with Crippen molar-refractivity contribution < 1.29 is 29.8 Å². The summed E-state index contributed by atoms with van der Waals surface area (Å²) < 4.78 is 4.50. The number of phenolic OH excluding ortho intramolecular Hbond substituents is 2. The van der Waals surface area contributed by atoms with Gasteiger partial charge in [0.2, 0.25) is 0 Å². The van der Waals surface area contributed by atoms with Crippen LogP contribution in [0.3, 0.4) is 0 Å². The van der Waals surface area contributed by atoms with E-state index in [2.05, 4.69) is 9.72 Å². The van der Waals surface area contributed by atoms with E-state index >= 15 is 0 Å². The Labute approximate surface area is 101 Å². The summed E-state index contributed by atoms with van der Waals surface area (Å²) in [6, 6.07) is 2.47. The van der Waals surface area contributed by atoms with Gasteiger partial charge in [-0.1, -0.05) is 0 Å². The number of aromatic nitrogens is 1. The van der Waals surface area contributed by atoms with E-state index in [1.54, 1.807) is 0 Å². The van der Waals surface area contributed by atoms with Gasteiger partial charge in [-0.15, -0.1) is 0 Å². The van der Waals surface area contributed by atoms with Crippen molar-refractivity contribution >= 4 is 29.5 Å². The number of H-pyrrole nitrogens is 1. The Morgan fingerprint density at radius 3 is 2.56 bits per heavy atom. The van der Waals surface area contributed by atoms with Crippen LogP contribution in [0, 0.1) is 0 Å². The standard InChI is InChI=1S/C10H10BNO6/c1-18-10(15)6-2-4-5(12-6)3-7(13)8(9(4)14)11(16)17/h2-3,12-14,16-17H,1H3. The molecule has 0 aliphatic heterocycles. The van der Waals surface area contributed by atoms with Gasteiger partial charge in [0.15, 0.2) is 0 Å². The highest BCUT2D eigenvalue weighted by Crippen LogP contribution is 2.28. The lowest BCUT2D eigenvalue weighted by Gasteiger charge is -2.06. The summed E-state index contributed by atoms with van der Waals surface area (Å²) in [5, 5.41) is 37.6. The Balaban J connectivity index is 2.70. The molecule has 0 atom stereocenters. The number of methoxy groups -OCH3 is 1. The third-order valence-corrected chi connectivity index (χ3v) is 2.58. The monoisotopic (exact) mass is 251 g/mol. The minimum atomic E-state index is -2.02. The Hall–Kier alpha value is -2.19. The fourth-order valence-electron chi connectivity index (χ4n) is 1.74. The Bertz CT molecular complexity index is 620. The lowest BCUT2D eigenvalue weighted by Crippen LogP contribution is -2.30. The molecule has 94 valence electrons. The van der Waals surface area contributed by atoms with Crippen LogP contribution in [0.5, 0.6) is 11.5 Å². The fourth-order valence-corrected chi connectivity index (χ4v) is 1.74. The molecule has 2 rings (SSSR count). The van der Waals surface area contributed by atoms with Crippen molar-refractivity contribution in [1.29, 1.82) is 0 Å². The summed E-state index contributed by atoms with van der Waals surface area (Å²) in [6.07, 6.45) is 0. The van der Waals surface area contributed by atoms with E-state index in [9.17, 15) is 15.0 Å². The molecule has 0 saturated heterocycles. The summed E-state index contributed by atoms with van der Waals surface area (Å²) in [7, 11) is -0.820. The minimum absolute atomic E-state index is 0.0757. The first kappa shape index (κ1) is 12.3. The van der Waals surface area contributed by atoms with E-state index in [-0.39, 0.29) is 16.6 Å². The number of hydrogen-bond acceptors (Lipinski definition) is 6. The fraction of sp³-hybridized carbons (Fsp3) is 0.100. The van der Waals surface area contributed by atoms with Crippen molar-refractivity contribution in [3.05, 3.63) is 17.8 Å². The van der Waals surface area contributed by atoms with Gasteiger partial charge in [-0.05, 0) is 6.07 Å². The Morgan fingerprint density at radius 2 is 2.00 bits per heavy atom. The van der Waals surface area contributed by atoms with Crippen LogP contribution in [-0.2, 0) is 4.74 Å². The molecule has 5 N–H and O–H groups in total. The maximum atomic E-state index is 11.3. The third-order valence-electron chi connectivity index (χ3n) is 2.58. The average molecular weight is 251 g/mol. The largest absolute Gasteiger partial charge is 0.508 e. The predicted molar refractivity (Wildman–Crippen MR) is 62.8 cm³/mol. The van der Waals surface area contributed by atoms with Gasteiger partial charge < -0.3 is 30.0 Å². The SMILES string of the molecule is COC(=O)c1cc2c(O)c(B(O)O)c(O)cc2[nH]1. The molecule has 18 heavy (non-hydrogen) atoms. The van der Waals surface area contributed by atoms with Crippen LogP contribution in [-0.4, -0.2) is 45.4 Å². The van der Waals surface area contributed by atoms with Crippen LogP contribution in [0.4, 0.5) is 0 Å². The van der Waals surface area contributed by atoms with Crippen molar-refractivity contribution in [1.82, 2.24) is 4.98 Å². The van der Waals surface area contributed by atoms with Gasteiger partial charge in [-0.25, -0.2) is 4.79 Å². The molecule has 0 bridgehead atoms. The lowest BCUT2D eigenvalue weighted by molar-refractivity contribution is 0.0595. The molecule has 0 spiro atoms. The van der Waals surface area contributed by atoms with Gasteiger partial charge in [-0.2, -0.15) is 0 Å². The normalized spacial score (nSPS) is 10.6. The molecule has 0 unspecified atom stereocenters. The van der Waals surface area contributed by atoms with E-state index < -0.39 is 30.0 Å². The van der Waals surface area contributed by atoms with E-state index in [0.29, 0.717) is 0 Å². The summed E-state index contributed by atoms with van der Waals surface area (Å²) in [6.45, 7) is 0. The highest BCUT2D eigenvalue weighted by molar-refractivity contribution is 6.61. The quantitative estimate of drug-likeness (QED) is 0.346. The predicted octanol–water partition coefficient (Wildman–Crippen LogP) is -0.955. The number of nitrogens with one attached hydrogen (secondary N) is 1. The van der Waals surface area contributed by atoms with Gasteiger partial charge in [0, 0.05) is 11.5 Å². The van der Waals surface area contributed by atoms with Crippen molar-refractivity contribution in [3.8, 4) is 11.5 Å². The first-order chi connectivity index (χ1) is 8.45. The van der Waals surface area contributed by atoms with Gasteiger partial charge in [0.1, 0.15) is 17.2 Å². The number of rotatable bonds is 2. The molecule has 2 aromatic rings. The lowest BCUT2D eigenvalue weighted by atomic mass is 9.78. The highest BCUT2D eigenvalue weighted by atomic mass is 16.5. The minimum Gasteiger partial charge on any atom is -0.508 e. The zero-order valence-electron chi connectivity index (χ0n) is 9.34. The van der Waals surface area contributed by atoms with E-state index in [0.717, 1.165) is 0 Å². The zero-order valence-corrected chi connectivity index (χ0v) is 9.34. The highest BCUT2D eigenvalue weighted by Gasteiger charge is 2.24. The number of hydrogen-bond donors (Lipinski definition) is 5. The Morgan fingerprint density at radius 1 is 1.33 bits per heavy atom. The van der Waals surface area contributed by atoms with Crippen molar-refractivity contribution in [2.24, 2.45) is 0 Å². The van der Waals surface area contributed by atoms with Crippen LogP contribution < -0.4 is 5.46 Å². The number of carbonyl (C=O) groups is 1.